The first-order valence-corrected chi connectivity index (χ1v) is 6.46. The number of aryl methyl sites for hydroxylation is 1. The number of carbonyl (C=O) groups excluding carboxylic acids is 1. The molecule has 0 radical (unpaired) electrons. The molecule has 2 aliphatic heterocycles. The molecule has 2 N–H and O–H groups in total. The molecule has 2 aliphatic rings. The second kappa shape index (κ2) is 4.49. The molecular formula is C14H18N2O. The normalized spacial score (nSPS) is 20.8. The first-order valence-electron chi connectivity index (χ1n) is 6.46. The Morgan fingerprint density at radius 1 is 1.12 bits per heavy atom. The molecule has 0 unspecified atom stereocenters. The minimum Gasteiger partial charge on any atom is -0.326 e. The van der Waals surface area contributed by atoms with Crippen molar-refractivity contribution in [2.24, 2.45) is 0 Å². The Labute approximate surface area is 102 Å². The lowest BCUT2D eigenvalue weighted by Gasteiger charge is -2.25. The average Bonchev–Trinajstić information content (AvgIpc) is 2.39. The van der Waals surface area contributed by atoms with E-state index < -0.39 is 0 Å². The number of fused-ring (bicyclic) bond motifs is 1. The van der Waals surface area contributed by atoms with Crippen molar-refractivity contribution in [2.45, 2.75) is 31.6 Å². The number of carbonyl (C=O) groups is 1. The summed E-state index contributed by atoms with van der Waals surface area (Å²) in [6, 6.07) is 6.61. The summed E-state index contributed by atoms with van der Waals surface area (Å²) in [5, 5.41) is 6.37. The van der Waals surface area contributed by atoms with Crippen LogP contribution in [-0.2, 0) is 11.2 Å². The zero-order chi connectivity index (χ0) is 11.7. The zero-order valence-corrected chi connectivity index (χ0v) is 9.96. The van der Waals surface area contributed by atoms with Crippen LogP contribution in [-0.4, -0.2) is 19.0 Å². The molecule has 0 saturated carbocycles. The molecule has 17 heavy (non-hydrogen) atoms. The second-order valence-electron chi connectivity index (χ2n) is 4.99. The minimum absolute atomic E-state index is 0.153. The third-order valence-corrected chi connectivity index (χ3v) is 3.84. The van der Waals surface area contributed by atoms with Gasteiger partial charge in [-0.15, -0.1) is 0 Å². The van der Waals surface area contributed by atoms with Gasteiger partial charge in [0.05, 0.1) is 0 Å². The van der Waals surface area contributed by atoms with E-state index in [0.717, 1.165) is 25.2 Å². The molecule has 0 spiro atoms. The summed E-state index contributed by atoms with van der Waals surface area (Å²) < 4.78 is 0. The quantitative estimate of drug-likeness (QED) is 0.775. The van der Waals surface area contributed by atoms with Crippen molar-refractivity contribution in [3.63, 3.8) is 0 Å². The molecule has 1 amide bonds. The van der Waals surface area contributed by atoms with Crippen LogP contribution in [0.4, 0.5) is 5.69 Å². The molecule has 3 nitrogen and oxygen atoms in total. The number of nitrogens with one attached hydrogen (secondary N) is 2. The number of rotatable bonds is 1. The van der Waals surface area contributed by atoms with Crippen molar-refractivity contribution in [2.75, 3.05) is 18.4 Å². The number of hydrogen-bond donors (Lipinski definition) is 2. The molecule has 0 aliphatic carbocycles. The number of piperidine rings is 1. The largest absolute Gasteiger partial charge is 0.326 e. The number of amides is 1. The topological polar surface area (TPSA) is 41.1 Å². The van der Waals surface area contributed by atoms with Crippen molar-refractivity contribution in [3.05, 3.63) is 29.3 Å². The first kappa shape index (κ1) is 10.8. The molecule has 3 heteroatoms. The Hall–Kier alpha value is -1.35. The summed E-state index contributed by atoms with van der Waals surface area (Å²) in [6.45, 7) is 2.21. The first-order chi connectivity index (χ1) is 8.33. The maximum absolute atomic E-state index is 11.4. The van der Waals surface area contributed by atoms with E-state index in [0.29, 0.717) is 12.3 Å². The van der Waals surface area contributed by atoms with E-state index in [9.17, 15) is 4.79 Å². The third kappa shape index (κ3) is 2.20. The van der Waals surface area contributed by atoms with Crippen LogP contribution in [0.2, 0.25) is 0 Å². The molecule has 1 fully saturated rings. The van der Waals surface area contributed by atoms with Gasteiger partial charge in [-0.2, -0.15) is 0 Å². The molecule has 3 rings (SSSR count). The van der Waals surface area contributed by atoms with E-state index >= 15 is 0 Å². The van der Waals surface area contributed by atoms with Crippen LogP contribution in [0.15, 0.2) is 18.2 Å². The van der Waals surface area contributed by atoms with Crippen molar-refractivity contribution in [1.82, 2.24) is 5.32 Å². The Kier molecular flexibility index (Phi) is 2.85. The lowest BCUT2D eigenvalue weighted by atomic mass is 9.88. The highest BCUT2D eigenvalue weighted by molar-refractivity contribution is 5.94. The van der Waals surface area contributed by atoms with Gasteiger partial charge in [0.15, 0.2) is 0 Å². The molecule has 90 valence electrons. The molecule has 0 atom stereocenters. The Morgan fingerprint density at radius 2 is 1.94 bits per heavy atom. The highest BCUT2D eigenvalue weighted by atomic mass is 16.1. The molecule has 0 aromatic heterocycles. The van der Waals surface area contributed by atoms with E-state index in [1.807, 2.05) is 0 Å². The molecule has 1 aromatic rings. The zero-order valence-electron chi connectivity index (χ0n) is 9.96. The van der Waals surface area contributed by atoms with E-state index in [2.05, 4.69) is 28.8 Å². The van der Waals surface area contributed by atoms with Gasteiger partial charge in [-0.05, 0) is 55.5 Å². The molecule has 0 bridgehead atoms. The summed E-state index contributed by atoms with van der Waals surface area (Å²) in [5.74, 6) is 0.806. The van der Waals surface area contributed by atoms with Gasteiger partial charge >= 0.3 is 0 Å². The lowest BCUT2D eigenvalue weighted by molar-refractivity contribution is -0.116. The van der Waals surface area contributed by atoms with Crippen LogP contribution in [0.25, 0.3) is 0 Å². The van der Waals surface area contributed by atoms with Gasteiger partial charge in [0.2, 0.25) is 5.91 Å². The smallest absolute Gasteiger partial charge is 0.224 e. The predicted molar refractivity (Wildman–Crippen MR) is 68.2 cm³/mol. The maximum atomic E-state index is 11.4. The maximum Gasteiger partial charge on any atom is 0.224 e. The van der Waals surface area contributed by atoms with Gasteiger partial charge < -0.3 is 10.6 Å². The molecule has 1 aromatic carbocycles. The Bertz CT molecular complexity index is 436. The van der Waals surface area contributed by atoms with Gasteiger partial charge in [0, 0.05) is 12.1 Å². The standard InChI is InChI=1S/C14H18N2O/c17-14-4-3-11-1-2-12(9-13(11)16-14)10-5-7-15-8-6-10/h1-2,9-10,15H,3-8H2,(H,16,17). The predicted octanol–water partition coefficient (Wildman–Crippen LogP) is 2.04. The monoisotopic (exact) mass is 230 g/mol. The summed E-state index contributed by atoms with van der Waals surface area (Å²) >= 11 is 0. The summed E-state index contributed by atoms with van der Waals surface area (Å²) in [6.07, 6.45) is 3.91. The van der Waals surface area contributed by atoms with Crippen molar-refractivity contribution in [1.29, 1.82) is 0 Å². The van der Waals surface area contributed by atoms with Crippen LogP contribution in [0.5, 0.6) is 0 Å². The SMILES string of the molecule is O=C1CCc2ccc(C3CCNCC3)cc2N1. The third-order valence-electron chi connectivity index (χ3n) is 3.84. The minimum atomic E-state index is 0.153. The lowest BCUT2D eigenvalue weighted by Crippen LogP contribution is -2.27. The fraction of sp³-hybridized carbons (Fsp3) is 0.500. The van der Waals surface area contributed by atoms with Crippen LogP contribution in [0, 0.1) is 0 Å². The number of benzene rings is 1. The summed E-state index contributed by atoms with van der Waals surface area (Å²) in [4.78, 5) is 11.4. The number of hydrogen-bond acceptors (Lipinski definition) is 2. The van der Waals surface area contributed by atoms with Gasteiger partial charge in [-0.25, -0.2) is 0 Å². The fourth-order valence-corrected chi connectivity index (χ4v) is 2.80. The highest BCUT2D eigenvalue weighted by Crippen LogP contribution is 2.30. The van der Waals surface area contributed by atoms with Gasteiger partial charge in [-0.3, -0.25) is 4.79 Å². The van der Waals surface area contributed by atoms with Gasteiger partial charge in [0.1, 0.15) is 0 Å². The second-order valence-corrected chi connectivity index (χ2v) is 4.99. The Morgan fingerprint density at radius 3 is 2.76 bits per heavy atom. The van der Waals surface area contributed by atoms with E-state index in [-0.39, 0.29) is 5.91 Å². The number of anilines is 1. The van der Waals surface area contributed by atoms with Crippen LogP contribution < -0.4 is 10.6 Å². The van der Waals surface area contributed by atoms with Gasteiger partial charge in [-0.1, -0.05) is 12.1 Å². The molecular weight excluding hydrogens is 212 g/mol. The van der Waals surface area contributed by atoms with Crippen LogP contribution >= 0.6 is 0 Å². The van der Waals surface area contributed by atoms with E-state index in [4.69, 9.17) is 0 Å². The van der Waals surface area contributed by atoms with E-state index in [1.54, 1.807) is 0 Å². The molecule has 2 heterocycles. The highest BCUT2D eigenvalue weighted by Gasteiger charge is 2.19. The van der Waals surface area contributed by atoms with Crippen molar-refractivity contribution in [3.8, 4) is 0 Å². The van der Waals surface area contributed by atoms with Crippen molar-refractivity contribution >= 4 is 11.6 Å². The van der Waals surface area contributed by atoms with Crippen LogP contribution in [0.1, 0.15) is 36.3 Å². The van der Waals surface area contributed by atoms with E-state index in [1.165, 1.54) is 24.0 Å². The Balaban J connectivity index is 1.86. The fourth-order valence-electron chi connectivity index (χ4n) is 2.80. The summed E-state index contributed by atoms with van der Waals surface area (Å²) in [7, 11) is 0. The van der Waals surface area contributed by atoms with Crippen molar-refractivity contribution < 1.29 is 4.79 Å². The molecule has 1 saturated heterocycles. The summed E-state index contributed by atoms with van der Waals surface area (Å²) in [5.41, 5.74) is 3.70. The van der Waals surface area contributed by atoms with Gasteiger partial charge in [0.25, 0.3) is 0 Å². The van der Waals surface area contributed by atoms with Crippen LogP contribution in [0.3, 0.4) is 0 Å². The average molecular weight is 230 g/mol.